The molecule has 0 amide bonds. The number of carbonyl (C=O) groups excluding carboxylic acids is 2. The number of carbonyl (C=O) groups is 3. The molecule has 0 bridgehead atoms. The van der Waals surface area contributed by atoms with Crippen LogP contribution >= 0.6 is 7.82 Å². The van der Waals surface area contributed by atoms with Gasteiger partial charge in [0.15, 0.2) is 6.10 Å². The molecule has 0 aromatic heterocycles. The zero-order chi connectivity index (χ0) is 26.5. The minimum absolute atomic E-state index is 0.102. The highest BCUT2D eigenvalue weighted by Gasteiger charge is 2.28. The third-order valence-corrected chi connectivity index (χ3v) is 5.77. The minimum Gasteiger partial charge on any atom is -0.480 e. The second-order valence-electron chi connectivity index (χ2n) is 8.07. The van der Waals surface area contributed by atoms with Crippen molar-refractivity contribution in [3.63, 3.8) is 0 Å². The number of unbranched alkanes of at least 4 members (excludes halogenated alkanes) is 7. The number of hydrogen-bond acceptors (Lipinski definition) is 9. The van der Waals surface area contributed by atoms with Crippen LogP contribution in [0.25, 0.3) is 0 Å². The van der Waals surface area contributed by atoms with E-state index in [1.165, 1.54) is 12.8 Å². The second kappa shape index (κ2) is 20.4. The molecular weight excluding hydrogens is 481 g/mol. The summed E-state index contributed by atoms with van der Waals surface area (Å²) in [5.41, 5.74) is 5.21. The topological polar surface area (TPSA) is 172 Å². The molecule has 4 N–H and O–H groups in total. The molecule has 0 saturated heterocycles. The van der Waals surface area contributed by atoms with Crippen LogP contribution in [-0.2, 0) is 37.5 Å². The first kappa shape index (κ1) is 33.2. The van der Waals surface area contributed by atoms with E-state index in [9.17, 15) is 23.8 Å². The van der Waals surface area contributed by atoms with E-state index in [0.29, 0.717) is 6.42 Å². The first-order chi connectivity index (χ1) is 16.6. The van der Waals surface area contributed by atoms with Crippen molar-refractivity contribution in [2.24, 2.45) is 5.73 Å². The molecule has 0 rings (SSSR count). The number of carboxylic acids is 1. The van der Waals surface area contributed by atoms with Crippen molar-refractivity contribution in [1.82, 2.24) is 0 Å². The molecule has 0 aliphatic heterocycles. The molecule has 3 unspecified atom stereocenters. The molecule has 3 atom stereocenters. The van der Waals surface area contributed by atoms with Gasteiger partial charge in [-0.15, -0.1) is 0 Å². The van der Waals surface area contributed by atoms with E-state index in [1.807, 2.05) is 0 Å². The summed E-state index contributed by atoms with van der Waals surface area (Å²) in [6.45, 7) is 2.05. The first-order valence-electron chi connectivity index (χ1n) is 12.2. The lowest BCUT2D eigenvalue weighted by Crippen LogP contribution is -2.34. The minimum atomic E-state index is -4.67. The highest BCUT2D eigenvalue weighted by molar-refractivity contribution is 7.47. The van der Waals surface area contributed by atoms with Gasteiger partial charge in [-0.1, -0.05) is 58.1 Å². The van der Waals surface area contributed by atoms with Gasteiger partial charge in [-0.2, -0.15) is 0 Å². The molecular formula is C23H42NO10P. The fraction of sp³-hybridized carbons (Fsp3) is 0.783. The van der Waals surface area contributed by atoms with Crippen molar-refractivity contribution in [3.8, 4) is 0 Å². The quantitative estimate of drug-likeness (QED) is 0.0814. The van der Waals surface area contributed by atoms with Gasteiger partial charge in [-0.25, -0.2) is 4.57 Å². The molecule has 0 aromatic rings. The third-order valence-electron chi connectivity index (χ3n) is 4.82. The van der Waals surface area contributed by atoms with Crippen LogP contribution in [0.4, 0.5) is 0 Å². The van der Waals surface area contributed by atoms with Gasteiger partial charge in [-0.3, -0.25) is 23.4 Å². The lowest BCUT2D eigenvalue weighted by atomic mass is 10.1. The molecule has 0 aromatic carbocycles. The van der Waals surface area contributed by atoms with Crippen LogP contribution in [0.5, 0.6) is 0 Å². The van der Waals surface area contributed by atoms with Crippen molar-refractivity contribution in [2.45, 2.75) is 96.6 Å². The van der Waals surface area contributed by atoms with Gasteiger partial charge in [0, 0.05) is 12.8 Å². The Kier molecular flexibility index (Phi) is 19.4. The normalized spacial score (nSPS) is 14.9. The largest absolute Gasteiger partial charge is 0.480 e. The molecule has 0 aliphatic rings. The van der Waals surface area contributed by atoms with E-state index in [2.05, 4.69) is 23.6 Å². The van der Waals surface area contributed by atoms with Crippen LogP contribution in [0.3, 0.4) is 0 Å². The van der Waals surface area contributed by atoms with E-state index < -0.39 is 51.1 Å². The van der Waals surface area contributed by atoms with Crippen LogP contribution in [0, 0.1) is 0 Å². The Morgan fingerprint density at radius 2 is 1.49 bits per heavy atom. The summed E-state index contributed by atoms with van der Waals surface area (Å²) in [6.07, 6.45) is 12.8. The average Bonchev–Trinajstić information content (AvgIpc) is 2.82. The molecule has 0 saturated carbocycles. The average molecular weight is 524 g/mol. The zero-order valence-electron chi connectivity index (χ0n) is 20.9. The van der Waals surface area contributed by atoms with Crippen molar-refractivity contribution in [2.75, 3.05) is 19.8 Å². The number of esters is 2. The third kappa shape index (κ3) is 20.1. The molecule has 11 nitrogen and oxygen atoms in total. The number of phosphoric acid groups is 1. The Labute approximate surface area is 207 Å². The second-order valence-corrected chi connectivity index (χ2v) is 9.53. The first-order valence-corrected chi connectivity index (χ1v) is 13.7. The summed E-state index contributed by atoms with van der Waals surface area (Å²) in [5.74, 6) is -2.50. The molecule has 0 aliphatic carbocycles. The SMILES string of the molecule is CCCC/C=C\CCCCCCCC(=O)OC(COC(=O)CC)COP(=O)(O)OCC(N)C(=O)O. The number of ether oxygens (including phenoxy) is 2. The summed E-state index contributed by atoms with van der Waals surface area (Å²) in [6, 6.07) is -1.51. The molecule has 0 fully saturated rings. The molecule has 204 valence electrons. The van der Waals surface area contributed by atoms with Crippen molar-refractivity contribution >= 4 is 25.7 Å². The summed E-state index contributed by atoms with van der Waals surface area (Å²) in [4.78, 5) is 43.9. The lowest BCUT2D eigenvalue weighted by molar-refractivity contribution is -0.161. The van der Waals surface area contributed by atoms with Gasteiger partial charge in [0.2, 0.25) is 0 Å². The smallest absolute Gasteiger partial charge is 0.472 e. The van der Waals surface area contributed by atoms with Crippen molar-refractivity contribution in [3.05, 3.63) is 12.2 Å². The van der Waals surface area contributed by atoms with Gasteiger partial charge in [0.1, 0.15) is 12.6 Å². The van der Waals surface area contributed by atoms with Gasteiger partial charge in [0.25, 0.3) is 0 Å². The monoisotopic (exact) mass is 523 g/mol. The van der Waals surface area contributed by atoms with Gasteiger partial charge >= 0.3 is 25.7 Å². The van der Waals surface area contributed by atoms with Gasteiger partial charge in [0.05, 0.1) is 13.2 Å². The number of carboxylic acid groups (broad SMARTS) is 1. The number of nitrogens with two attached hydrogens (primary N) is 1. The molecule has 35 heavy (non-hydrogen) atoms. The maximum atomic E-state index is 12.2. The highest BCUT2D eigenvalue weighted by atomic mass is 31.2. The Morgan fingerprint density at radius 1 is 0.886 bits per heavy atom. The van der Waals surface area contributed by atoms with Crippen molar-refractivity contribution < 1.29 is 47.5 Å². The predicted octanol–water partition coefficient (Wildman–Crippen LogP) is 3.87. The summed E-state index contributed by atoms with van der Waals surface area (Å²) in [5, 5.41) is 8.69. The number of aliphatic carboxylic acids is 1. The molecule has 12 heteroatoms. The van der Waals surface area contributed by atoms with Crippen LogP contribution < -0.4 is 5.73 Å². The molecule has 0 heterocycles. The van der Waals surface area contributed by atoms with Crippen LogP contribution in [0.15, 0.2) is 12.2 Å². The van der Waals surface area contributed by atoms with E-state index in [1.54, 1.807) is 6.92 Å². The van der Waals surface area contributed by atoms with E-state index in [-0.39, 0.29) is 19.4 Å². The highest BCUT2D eigenvalue weighted by Crippen LogP contribution is 2.43. The van der Waals surface area contributed by atoms with E-state index in [0.717, 1.165) is 38.5 Å². The predicted molar refractivity (Wildman–Crippen MR) is 129 cm³/mol. The van der Waals surface area contributed by atoms with Crippen LogP contribution in [-0.4, -0.2) is 59.9 Å². The maximum Gasteiger partial charge on any atom is 0.472 e. The zero-order valence-corrected chi connectivity index (χ0v) is 21.8. The van der Waals surface area contributed by atoms with Gasteiger partial charge in [-0.05, 0) is 25.7 Å². The van der Waals surface area contributed by atoms with Crippen LogP contribution in [0.2, 0.25) is 0 Å². The number of allylic oxidation sites excluding steroid dienone is 2. The number of hydrogen-bond donors (Lipinski definition) is 3. The maximum absolute atomic E-state index is 12.2. The standard InChI is InChI=1S/C23H42NO10P/c1-3-5-6-7-8-9-10-11-12-13-14-15-22(26)34-19(16-31-21(25)4-2)17-32-35(29,30)33-18-20(24)23(27)28/h7-8,19-20H,3-6,9-18,24H2,1-2H3,(H,27,28)(H,29,30)/b8-7-. The lowest BCUT2D eigenvalue weighted by Gasteiger charge is -2.20. The van der Waals surface area contributed by atoms with Gasteiger partial charge < -0.3 is 25.2 Å². The van der Waals surface area contributed by atoms with Crippen molar-refractivity contribution in [1.29, 1.82) is 0 Å². The fourth-order valence-corrected chi connectivity index (χ4v) is 3.51. The summed E-state index contributed by atoms with van der Waals surface area (Å²) >= 11 is 0. The van der Waals surface area contributed by atoms with Crippen LogP contribution in [0.1, 0.15) is 84.5 Å². The fourth-order valence-electron chi connectivity index (χ4n) is 2.73. The Morgan fingerprint density at radius 3 is 2.11 bits per heavy atom. The van der Waals surface area contributed by atoms with E-state index in [4.69, 9.17) is 24.8 Å². The summed E-state index contributed by atoms with van der Waals surface area (Å²) < 4.78 is 31.4. The number of phosphoric ester groups is 1. The number of rotatable bonds is 22. The van der Waals surface area contributed by atoms with E-state index >= 15 is 0 Å². The summed E-state index contributed by atoms with van der Waals surface area (Å²) in [7, 11) is -4.67. The Bertz CT molecular complexity index is 685. The Hall–Kier alpha value is -1.78. The molecule has 0 radical (unpaired) electrons. The molecule has 0 spiro atoms. The Balaban J connectivity index is 4.35.